The van der Waals surface area contributed by atoms with Crippen LogP contribution in [0.1, 0.15) is 22.3 Å². The van der Waals surface area contributed by atoms with Crippen LogP contribution in [0.15, 0.2) is 48.7 Å². The minimum atomic E-state index is -3.70. The van der Waals surface area contributed by atoms with Gasteiger partial charge in [0.2, 0.25) is 0 Å². The van der Waals surface area contributed by atoms with E-state index in [9.17, 15) is 9.46 Å². The summed E-state index contributed by atoms with van der Waals surface area (Å²) in [5.74, 6) is 0.822. The Kier molecular flexibility index (Phi) is 5.67. The zero-order chi connectivity index (χ0) is 22.2. The Bertz CT molecular complexity index is 1330. The van der Waals surface area contributed by atoms with E-state index >= 15 is 0 Å². The van der Waals surface area contributed by atoms with E-state index in [0.717, 1.165) is 63.6 Å². The van der Waals surface area contributed by atoms with Crippen molar-refractivity contribution in [1.82, 2.24) is 9.97 Å². The first-order chi connectivity index (χ1) is 14.7. The van der Waals surface area contributed by atoms with Gasteiger partial charge in [-0.25, -0.2) is 4.98 Å². The second kappa shape index (κ2) is 8.27. The number of nitrogens with two attached hydrogens (primary N) is 1. The summed E-state index contributed by atoms with van der Waals surface area (Å²) in [5.41, 5.74) is 12.1. The Balaban J connectivity index is 1.56. The predicted octanol–water partition coefficient (Wildman–Crippen LogP) is 4.89. The van der Waals surface area contributed by atoms with E-state index in [1.807, 2.05) is 32.2 Å². The molecule has 31 heavy (non-hydrogen) atoms. The number of nitrogen functional groups attached to an aromatic ring is 1. The normalized spacial score (nSPS) is 13.4. The van der Waals surface area contributed by atoms with Crippen LogP contribution in [0.4, 0.5) is 5.82 Å². The second-order valence-corrected chi connectivity index (χ2v) is 9.56. The number of pyridine rings is 2. The number of fused-ring (bicyclic) bond motifs is 3. The molecular weight excluding hydrogens is 413 g/mol. The van der Waals surface area contributed by atoms with Gasteiger partial charge in [-0.1, -0.05) is 18.2 Å². The van der Waals surface area contributed by atoms with Crippen molar-refractivity contribution in [3.63, 3.8) is 0 Å². The van der Waals surface area contributed by atoms with E-state index in [2.05, 4.69) is 32.8 Å². The lowest BCUT2D eigenvalue weighted by Crippen LogP contribution is -1.99. The zero-order valence-electron chi connectivity index (χ0n) is 17.6. The summed E-state index contributed by atoms with van der Waals surface area (Å²) < 4.78 is 15.7. The SMILES string of the molecule is Cc1ccc2c(c1)nc(N)c1ncc(CCc3ccc(OOP(C)(=O)O)cc3C)cc12. The molecular formula is C23H24N3O4P. The van der Waals surface area contributed by atoms with Crippen LogP contribution in [0.25, 0.3) is 21.8 Å². The first-order valence-electron chi connectivity index (χ1n) is 9.90. The molecule has 0 fully saturated rings. The standard InChI is InChI=1S/C23H24N3O4P/c1-14-4-9-19-20-12-16(13-25-22(20)23(24)26-21(19)10-14)5-6-17-7-8-18(11-15(17)2)29-30-31(3,27)28/h4,7-13H,5-6H2,1-3H3,(H2,24,26)(H,27,28). The second-order valence-electron chi connectivity index (χ2n) is 7.81. The van der Waals surface area contributed by atoms with Gasteiger partial charge in [-0.05, 0) is 73.2 Å². The number of hydrogen-bond donors (Lipinski definition) is 2. The Morgan fingerprint density at radius 3 is 2.61 bits per heavy atom. The molecule has 2 heterocycles. The number of rotatable bonds is 6. The van der Waals surface area contributed by atoms with Crippen molar-refractivity contribution in [3.05, 3.63) is 70.9 Å². The van der Waals surface area contributed by atoms with Crippen LogP contribution >= 0.6 is 7.60 Å². The Morgan fingerprint density at radius 2 is 1.87 bits per heavy atom. The topological polar surface area (TPSA) is 108 Å². The maximum atomic E-state index is 11.2. The lowest BCUT2D eigenvalue weighted by molar-refractivity contribution is -0.107. The first-order valence-corrected chi connectivity index (χ1v) is 11.9. The van der Waals surface area contributed by atoms with Crippen LogP contribution in [0, 0.1) is 13.8 Å². The zero-order valence-corrected chi connectivity index (χ0v) is 18.5. The highest BCUT2D eigenvalue weighted by atomic mass is 31.2. The third-order valence-electron chi connectivity index (χ3n) is 5.14. The highest BCUT2D eigenvalue weighted by Crippen LogP contribution is 2.37. The van der Waals surface area contributed by atoms with Gasteiger partial charge in [-0.3, -0.25) is 9.55 Å². The summed E-state index contributed by atoms with van der Waals surface area (Å²) >= 11 is 0. The number of aromatic nitrogens is 2. The van der Waals surface area contributed by atoms with Gasteiger partial charge in [0.1, 0.15) is 5.52 Å². The number of benzene rings is 2. The molecule has 2 aromatic heterocycles. The largest absolute Gasteiger partial charge is 0.382 e. The third kappa shape index (κ3) is 4.85. The van der Waals surface area contributed by atoms with E-state index in [1.54, 1.807) is 12.1 Å². The van der Waals surface area contributed by atoms with Gasteiger partial charge in [0.15, 0.2) is 11.6 Å². The molecule has 0 saturated carbocycles. The van der Waals surface area contributed by atoms with Gasteiger partial charge in [-0.2, -0.15) is 0 Å². The fourth-order valence-electron chi connectivity index (χ4n) is 3.59. The van der Waals surface area contributed by atoms with Crippen molar-refractivity contribution >= 4 is 35.2 Å². The maximum absolute atomic E-state index is 11.2. The van der Waals surface area contributed by atoms with E-state index in [4.69, 9.17) is 10.6 Å². The summed E-state index contributed by atoms with van der Waals surface area (Å²) in [4.78, 5) is 23.2. The lowest BCUT2D eigenvalue weighted by atomic mass is 9.99. The summed E-state index contributed by atoms with van der Waals surface area (Å²) in [5, 5.41) is 2.05. The monoisotopic (exact) mass is 437 g/mol. The van der Waals surface area contributed by atoms with Crippen molar-refractivity contribution in [1.29, 1.82) is 0 Å². The third-order valence-corrected chi connectivity index (χ3v) is 5.49. The molecule has 2 aromatic carbocycles. The molecule has 160 valence electrons. The molecule has 0 aliphatic rings. The van der Waals surface area contributed by atoms with Crippen molar-refractivity contribution in [2.75, 3.05) is 12.4 Å². The minimum Gasteiger partial charge on any atom is -0.382 e. The summed E-state index contributed by atoms with van der Waals surface area (Å²) in [7, 11) is -3.70. The molecule has 0 aliphatic heterocycles. The molecule has 0 bridgehead atoms. The van der Waals surface area contributed by atoms with Gasteiger partial charge >= 0.3 is 7.60 Å². The predicted molar refractivity (Wildman–Crippen MR) is 122 cm³/mol. The molecule has 7 nitrogen and oxygen atoms in total. The van der Waals surface area contributed by atoms with Crippen molar-refractivity contribution in [2.24, 2.45) is 0 Å². The number of anilines is 1. The van der Waals surface area contributed by atoms with E-state index in [0.29, 0.717) is 11.6 Å². The van der Waals surface area contributed by atoms with Crippen LogP contribution in [-0.2, 0) is 22.1 Å². The Hall–Kier alpha value is -2.99. The lowest BCUT2D eigenvalue weighted by Gasteiger charge is -2.11. The Labute approximate surface area is 180 Å². The molecule has 1 atom stereocenters. The first kappa shape index (κ1) is 21.2. The van der Waals surface area contributed by atoms with Crippen molar-refractivity contribution in [2.45, 2.75) is 26.7 Å². The van der Waals surface area contributed by atoms with E-state index < -0.39 is 7.60 Å². The molecule has 0 aliphatic carbocycles. The van der Waals surface area contributed by atoms with Gasteiger partial charge in [-0.15, -0.1) is 4.67 Å². The molecule has 0 spiro atoms. The Morgan fingerprint density at radius 1 is 1.06 bits per heavy atom. The average Bonchev–Trinajstić information content (AvgIpc) is 2.71. The molecule has 1 unspecified atom stereocenters. The van der Waals surface area contributed by atoms with Gasteiger partial charge in [0.25, 0.3) is 0 Å². The highest BCUT2D eigenvalue weighted by Gasteiger charge is 2.13. The summed E-state index contributed by atoms with van der Waals surface area (Å²) in [6, 6.07) is 13.7. The fraction of sp³-hybridized carbons (Fsp3) is 0.217. The van der Waals surface area contributed by atoms with Gasteiger partial charge < -0.3 is 15.5 Å². The molecule has 3 N–H and O–H groups in total. The van der Waals surface area contributed by atoms with Crippen molar-refractivity contribution in [3.8, 4) is 5.75 Å². The molecule has 0 radical (unpaired) electrons. The summed E-state index contributed by atoms with van der Waals surface area (Å²) in [6.07, 6.45) is 3.46. The van der Waals surface area contributed by atoms with E-state index in [-0.39, 0.29) is 0 Å². The fourth-order valence-corrected chi connectivity index (χ4v) is 3.82. The molecule has 4 rings (SSSR count). The summed E-state index contributed by atoms with van der Waals surface area (Å²) in [6.45, 7) is 5.07. The van der Waals surface area contributed by atoms with Crippen LogP contribution in [0.3, 0.4) is 0 Å². The van der Waals surface area contributed by atoms with Crippen molar-refractivity contribution < 1.29 is 19.0 Å². The van der Waals surface area contributed by atoms with Gasteiger partial charge in [0, 0.05) is 23.6 Å². The molecule has 0 amide bonds. The molecule has 0 saturated heterocycles. The van der Waals surface area contributed by atoms with Crippen LogP contribution in [-0.4, -0.2) is 21.5 Å². The maximum Gasteiger partial charge on any atom is 0.363 e. The highest BCUT2D eigenvalue weighted by molar-refractivity contribution is 7.51. The number of nitrogens with zero attached hydrogens (tertiary/aromatic N) is 2. The smallest absolute Gasteiger partial charge is 0.363 e. The minimum absolute atomic E-state index is 0.384. The quantitative estimate of drug-likeness (QED) is 0.191. The van der Waals surface area contributed by atoms with Gasteiger partial charge in [0.05, 0.1) is 5.52 Å². The molecule has 4 aromatic rings. The van der Waals surface area contributed by atoms with Crippen LogP contribution in [0.5, 0.6) is 5.75 Å². The molecule has 8 heteroatoms. The van der Waals surface area contributed by atoms with Crippen LogP contribution in [0.2, 0.25) is 0 Å². The number of aryl methyl sites for hydroxylation is 4. The number of hydrogen-bond acceptors (Lipinski definition) is 6. The van der Waals surface area contributed by atoms with Crippen LogP contribution < -0.4 is 10.6 Å². The van der Waals surface area contributed by atoms with E-state index in [1.165, 1.54) is 0 Å². The average molecular weight is 437 g/mol.